The molecule has 1 atom stereocenters. The molecular formula is C14H19N3O. The van der Waals surface area contributed by atoms with Crippen molar-refractivity contribution in [2.75, 3.05) is 26.2 Å². The molecule has 4 heteroatoms. The maximum Gasteiger partial charge on any atom is 0.138 e. The van der Waals surface area contributed by atoms with Crippen LogP contribution in [0, 0.1) is 11.3 Å². The number of rotatable bonds is 3. The number of phenols is 1. The van der Waals surface area contributed by atoms with Crippen LogP contribution in [0.2, 0.25) is 0 Å². The zero-order chi connectivity index (χ0) is 13.0. The lowest BCUT2D eigenvalue weighted by molar-refractivity contribution is 0.167. The predicted molar refractivity (Wildman–Crippen MR) is 70.3 cm³/mol. The molecule has 0 aliphatic carbocycles. The molecule has 2 N–H and O–H groups in total. The van der Waals surface area contributed by atoms with Crippen LogP contribution in [0.5, 0.6) is 5.75 Å². The number of nitrogens with one attached hydrogen (secondary N) is 1. The number of phenolic OH excluding ortho intramolecular Hbond substituents is 1. The fourth-order valence-electron chi connectivity index (χ4n) is 2.59. The number of piperazine rings is 1. The summed E-state index contributed by atoms with van der Waals surface area (Å²) in [6.45, 7) is 6.04. The second-order valence-corrected chi connectivity index (χ2v) is 4.57. The van der Waals surface area contributed by atoms with Gasteiger partial charge in [0.1, 0.15) is 11.8 Å². The largest absolute Gasteiger partial charge is 0.506 e. The fourth-order valence-corrected chi connectivity index (χ4v) is 2.59. The van der Waals surface area contributed by atoms with Crippen LogP contribution in [0.4, 0.5) is 0 Å². The minimum Gasteiger partial charge on any atom is -0.506 e. The topological polar surface area (TPSA) is 59.3 Å². The van der Waals surface area contributed by atoms with Gasteiger partial charge in [0, 0.05) is 37.8 Å². The molecule has 0 amide bonds. The molecule has 0 unspecified atom stereocenters. The summed E-state index contributed by atoms with van der Waals surface area (Å²) in [4.78, 5) is 2.37. The molecular weight excluding hydrogens is 226 g/mol. The van der Waals surface area contributed by atoms with Crippen LogP contribution < -0.4 is 5.32 Å². The van der Waals surface area contributed by atoms with E-state index in [1.165, 1.54) is 0 Å². The predicted octanol–water partition coefficient (Wildman–Crippen LogP) is 1.62. The number of nitrogens with zero attached hydrogens (tertiary/aromatic N) is 2. The number of hydrogen-bond acceptors (Lipinski definition) is 4. The van der Waals surface area contributed by atoms with E-state index in [2.05, 4.69) is 17.1 Å². The third-order valence-corrected chi connectivity index (χ3v) is 3.53. The van der Waals surface area contributed by atoms with Gasteiger partial charge in [-0.15, -0.1) is 0 Å². The first-order valence-corrected chi connectivity index (χ1v) is 6.44. The van der Waals surface area contributed by atoms with E-state index < -0.39 is 0 Å². The van der Waals surface area contributed by atoms with Crippen LogP contribution in [0.25, 0.3) is 0 Å². The number of hydrogen-bond donors (Lipinski definition) is 2. The van der Waals surface area contributed by atoms with Crippen molar-refractivity contribution in [1.29, 1.82) is 5.26 Å². The Kier molecular flexibility index (Phi) is 4.19. The first kappa shape index (κ1) is 12.9. The number of benzene rings is 1. The average Bonchev–Trinajstić information content (AvgIpc) is 2.43. The Labute approximate surface area is 108 Å². The lowest BCUT2D eigenvalue weighted by Crippen LogP contribution is -2.45. The van der Waals surface area contributed by atoms with Crippen molar-refractivity contribution >= 4 is 0 Å². The summed E-state index contributed by atoms with van der Waals surface area (Å²) >= 11 is 0. The van der Waals surface area contributed by atoms with E-state index >= 15 is 0 Å². The molecule has 1 aromatic carbocycles. The summed E-state index contributed by atoms with van der Waals surface area (Å²) in [5.74, 6) is 0.144. The molecule has 4 nitrogen and oxygen atoms in total. The Morgan fingerprint density at radius 2 is 2.17 bits per heavy atom. The van der Waals surface area contributed by atoms with Crippen molar-refractivity contribution in [3.8, 4) is 11.8 Å². The van der Waals surface area contributed by atoms with E-state index in [-0.39, 0.29) is 11.8 Å². The van der Waals surface area contributed by atoms with Crippen molar-refractivity contribution in [3.05, 3.63) is 29.3 Å². The van der Waals surface area contributed by atoms with Gasteiger partial charge in [0.15, 0.2) is 0 Å². The molecule has 1 saturated heterocycles. The molecule has 1 aliphatic rings. The Morgan fingerprint density at radius 1 is 1.44 bits per heavy atom. The van der Waals surface area contributed by atoms with Gasteiger partial charge in [-0.05, 0) is 12.5 Å². The van der Waals surface area contributed by atoms with Crippen molar-refractivity contribution in [2.24, 2.45) is 0 Å². The van der Waals surface area contributed by atoms with E-state index in [0.717, 1.165) is 38.2 Å². The highest BCUT2D eigenvalue weighted by Gasteiger charge is 2.23. The molecule has 1 aromatic rings. The van der Waals surface area contributed by atoms with E-state index in [1.54, 1.807) is 6.07 Å². The summed E-state index contributed by atoms with van der Waals surface area (Å²) in [5, 5.41) is 22.5. The minimum atomic E-state index is 0.144. The van der Waals surface area contributed by atoms with Crippen molar-refractivity contribution in [1.82, 2.24) is 10.2 Å². The standard InChI is InChI=1S/C14H19N3O/c1-2-13(17-8-6-16-7-9-17)12-5-3-4-11(10-15)14(12)18/h3-5,13,16,18H,2,6-9H2,1H3/t13-/m0/s1. The van der Waals surface area contributed by atoms with Gasteiger partial charge in [-0.2, -0.15) is 5.26 Å². The van der Waals surface area contributed by atoms with Gasteiger partial charge in [-0.1, -0.05) is 19.1 Å². The summed E-state index contributed by atoms with van der Waals surface area (Å²) in [7, 11) is 0. The average molecular weight is 245 g/mol. The zero-order valence-electron chi connectivity index (χ0n) is 10.7. The van der Waals surface area contributed by atoms with Crippen LogP contribution in [-0.2, 0) is 0 Å². The first-order valence-electron chi connectivity index (χ1n) is 6.44. The van der Waals surface area contributed by atoms with Crippen molar-refractivity contribution < 1.29 is 5.11 Å². The number of para-hydroxylation sites is 1. The Bertz CT molecular complexity index is 447. The lowest BCUT2D eigenvalue weighted by Gasteiger charge is -2.35. The highest BCUT2D eigenvalue weighted by molar-refractivity contribution is 5.48. The molecule has 0 saturated carbocycles. The number of nitriles is 1. The van der Waals surface area contributed by atoms with Gasteiger partial charge < -0.3 is 10.4 Å². The SMILES string of the molecule is CC[C@@H](c1cccc(C#N)c1O)N1CCNCC1. The van der Waals surface area contributed by atoms with E-state index in [4.69, 9.17) is 5.26 Å². The summed E-state index contributed by atoms with van der Waals surface area (Å²) in [6, 6.07) is 7.66. The van der Waals surface area contributed by atoms with Gasteiger partial charge in [0.2, 0.25) is 0 Å². The molecule has 0 bridgehead atoms. The molecule has 1 fully saturated rings. The summed E-state index contributed by atoms with van der Waals surface area (Å²) < 4.78 is 0. The van der Waals surface area contributed by atoms with Gasteiger partial charge in [0.05, 0.1) is 5.56 Å². The molecule has 96 valence electrons. The quantitative estimate of drug-likeness (QED) is 0.849. The first-order chi connectivity index (χ1) is 8.77. The van der Waals surface area contributed by atoms with Gasteiger partial charge in [-0.25, -0.2) is 0 Å². The monoisotopic (exact) mass is 245 g/mol. The Morgan fingerprint density at radius 3 is 2.78 bits per heavy atom. The lowest BCUT2D eigenvalue weighted by atomic mass is 9.98. The molecule has 1 heterocycles. The third kappa shape index (κ3) is 2.47. The molecule has 18 heavy (non-hydrogen) atoms. The summed E-state index contributed by atoms with van der Waals surface area (Å²) in [6.07, 6.45) is 0.933. The van der Waals surface area contributed by atoms with Crippen molar-refractivity contribution in [3.63, 3.8) is 0 Å². The smallest absolute Gasteiger partial charge is 0.138 e. The third-order valence-electron chi connectivity index (χ3n) is 3.53. The van der Waals surface area contributed by atoms with Gasteiger partial charge in [0.25, 0.3) is 0 Å². The van der Waals surface area contributed by atoms with Crippen molar-refractivity contribution in [2.45, 2.75) is 19.4 Å². The normalized spacial score (nSPS) is 18.2. The molecule has 0 radical (unpaired) electrons. The van der Waals surface area contributed by atoms with Crippen LogP contribution in [0.1, 0.15) is 30.5 Å². The molecule has 1 aliphatic heterocycles. The summed E-state index contributed by atoms with van der Waals surface area (Å²) in [5.41, 5.74) is 1.24. The second-order valence-electron chi connectivity index (χ2n) is 4.57. The van der Waals surface area contributed by atoms with E-state index in [0.29, 0.717) is 5.56 Å². The molecule has 0 spiro atoms. The molecule has 0 aromatic heterocycles. The maximum atomic E-state index is 10.2. The fraction of sp³-hybridized carbons (Fsp3) is 0.500. The van der Waals surface area contributed by atoms with Gasteiger partial charge in [-0.3, -0.25) is 4.90 Å². The zero-order valence-corrected chi connectivity index (χ0v) is 10.7. The van der Waals surface area contributed by atoms with Crippen LogP contribution in [0.15, 0.2) is 18.2 Å². The number of aromatic hydroxyl groups is 1. The Balaban J connectivity index is 2.29. The van der Waals surface area contributed by atoms with Crippen LogP contribution in [-0.4, -0.2) is 36.2 Å². The van der Waals surface area contributed by atoms with Crippen LogP contribution in [0.3, 0.4) is 0 Å². The highest BCUT2D eigenvalue weighted by Crippen LogP contribution is 2.33. The van der Waals surface area contributed by atoms with Crippen LogP contribution >= 0.6 is 0 Å². The van der Waals surface area contributed by atoms with Gasteiger partial charge >= 0.3 is 0 Å². The molecule has 2 rings (SSSR count). The highest BCUT2D eigenvalue weighted by atomic mass is 16.3. The maximum absolute atomic E-state index is 10.2. The second kappa shape index (κ2) is 5.85. The van der Waals surface area contributed by atoms with E-state index in [9.17, 15) is 5.11 Å². The van der Waals surface area contributed by atoms with E-state index in [1.807, 2.05) is 18.2 Å². The minimum absolute atomic E-state index is 0.144. The Hall–Kier alpha value is -1.57.